The second-order valence-electron chi connectivity index (χ2n) is 4.64. The molecular formula is C13H20N2. The molecule has 82 valence electrons. The summed E-state index contributed by atoms with van der Waals surface area (Å²) in [4.78, 5) is 4.20. The Hall–Kier alpha value is -0.890. The van der Waals surface area contributed by atoms with Gasteiger partial charge in [0.2, 0.25) is 0 Å². The Bertz CT molecular complexity index is 322. The van der Waals surface area contributed by atoms with Crippen molar-refractivity contribution in [2.75, 3.05) is 0 Å². The van der Waals surface area contributed by atoms with Gasteiger partial charge in [0.15, 0.2) is 0 Å². The summed E-state index contributed by atoms with van der Waals surface area (Å²) in [5.74, 6) is 0.938. The van der Waals surface area contributed by atoms with Crippen molar-refractivity contribution in [3.05, 3.63) is 29.6 Å². The molecular weight excluding hydrogens is 184 g/mol. The lowest BCUT2D eigenvalue weighted by Gasteiger charge is -2.04. The van der Waals surface area contributed by atoms with E-state index in [0.29, 0.717) is 0 Å². The first-order valence-electron chi connectivity index (χ1n) is 5.93. The molecule has 1 aliphatic carbocycles. The first-order valence-corrected chi connectivity index (χ1v) is 5.93. The first-order chi connectivity index (χ1) is 7.29. The molecule has 0 saturated heterocycles. The van der Waals surface area contributed by atoms with Crippen LogP contribution in [0.15, 0.2) is 18.5 Å². The normalized spacial score (nSPS) is 24.1. The molecule has 1 aromatic heterocycles. The monoisotopic (exact) mass is 204 g/mol. The number of pyridine rings is 1. The highest BCUT2D eigenvalue weighted by atomic mass is 15.0. The predicted molar refractivity (Wildman–Crippen MR) is 62.6 cm³/mol. The van der Waals surface area contributed by atoms with Crippen LogP contribution < -0.4 is 5.32 Å². The second-order valence-corrected chi connectivity index (χ2v) is 4.64. The quantitative estimate of drug-likeness (QED) is 0.797. The average Bonchev–Trinajstić information content (AvgIpc) is 2.95. The van der Waals surface area contributed by atoms with Gasteiger partial charge in [-0.1, -0.05) is 19.4 Å². The van der Waals surface area contributed by atoms with Gasteiger partial charge in [0.25, 0.3) is 0 Å². The van der Waals surface area contributed by atoms with E-state index in [-0.39, 0.29) is 0 Å². The van der Waals surface area contributed by atoms with Crippen molar-refractivity contribution < 1.29 is 0 Å². The van der Waals surface area contributed by atoms with Crippen molar-refractivity contribution in [1.82, 2.24) is 10.3 Å². The van der Waals surface area contributed by atoms with Gasteiger partial charge in [0.1, 0.15) is 0 Å². The van der Waals surface area contributed by atoms with Crippen LogP contribution in [-0.2, 0) is 6.54 Å². The van der Waals surface area contributed by atoms with Gasteiger partial charge in [0, 0.05) is 25.0 Å². The van der Waals surface area contributed by atoms with Crippen LogP contribution in [0.5, 0.6) is 0 Å². The van der Waals surface area contributed by atoms with Crippen LogP contribution in [0.2, 0.25) is 0 Å². The molecule has 15 heavy (non-hydrogen) atoms. The maximum absolute atomic E-state index is 4.20. The van der Waals surface area contributed by atoms with Gasteiger partial charge in [-0.3, -0.25) is 4.98 Å². The Morgan fingerprint density at radius 1 is 1.47 bits per heavy atom. The van der Waals surface area contributed by atoms with Crippen molar-refractivity contribution in [2.45, 2.75) is 45.7 Å². The summed E-state index contributed by atoms with van der Waals surface area (Å²) >= 11 is 0. The van der Waals surface area contributed by atoms with Gasteiger partial charge in [-0.2, -0.15) is 0 Å². The zero-order valence-electron chi connectivity index (χ0n) is 9.66. The second kappa shape index (κ2) is 4.75. The maximum Gasteiger partial charge on any atom is 0.0313 e. The predicted octanol–water partition coefficient (Wildman–Crippen LogP) is 2.67. The van der Waals surface area contributed by atoms with E-state index >= 15 is 0 Å². The standard InChI is InChI=1S/C13H20N2/c1-3-4-12-6-13(12)15-9-11-5-10(2)7-14-8-11/h5,7-8,12-13,15H,3-4,6,9H2,1-2H3. The zero-order chi connectivity index (χ0) is 10.7. The largest absolute Gasteiger partial charge is 0.310 e. The smallest absolute Gasteiger partial charge is 0.0313 e. The van der Waals surface area contributed by atoms with Crippen molar-refractivity contribution in [3.63, 3.8) is 0 Å². The fraction of sp³-hybridized carbons (Fsp3) is 0.615. The lowest BCUT2D eigenvalue weighted by atomic mass is 10.2. The van der Waals surface area contributed by atoms with Crippen molar-refractivity contribution >= 4 is 0 Å². The Balaban J connectivity index is 1.75. The summed E-state index contributed by atoms with van der Waals surface area (Å²) in [5.41, 5.74) is 2.55. The molecule has 0 radical (unpaired) electrons. The molecule has 1 aliphatic rings. The number of aryl methyl sites for hydroxylation is 1. The van der Waals surface area contributed by atoms with Gasteiger partial charge < -0.3 is 5.32 Å². The molecule has 2 nitrogen and oxygen atoms in total. The fourth-order valence-electron chi connectivity index (χ4n) is 2.15. The van der Waals surface area contributed by atoms with E-state index in [1.54, 1.807) is 0 Å². The molecule has 0 amide bonds. The molecule has 2 heteroatoms. The van der Waals surface area contributed by atoms with E-state index in [1.165, 1.54) is 30.4 Å². The zero-order valence-corrected chi connectivity index (χ0v) is 9.66. The Morgan fingerprint density at radius 2 is 2.33 bits per heavy atom. The molecule has 0 bridgehead atoms. The summed E-state index contributed by atoms with van der Waals surface area (Å²) in [6, 6.07) is 2.97. The van der Waals surface area contributed by atoms with Crippen LogP contribution in [-0.4, -0.2) is 11.0 Å². The third-order valence-electron chi connectivity index (χ3n) is 3.08. The minimum Gasteiger partial charge on any atom is -0.310 e. The van der Waals surface area contributed by atoms with E-state index in [2.05, 4.69) is 30.2 Å². The molecule has 1 saturated carbocycles. The summed E-state index contributed by atoms with van der Waals surface area (Å²) in [7, 11) is 0. The van der Waals surface area contributed by atoms with Gasteiger partial charge >= 0.3 is 0 Å². The fourth-order valence-corrected chi connectivity index (χ4v) is 2.15. The molecule has 2 atom stereocenters. The van der Waals surface area contributed by atoms with Crippen LogP contribution in [0.1, 0.15) is 37.3 Å². The topological polar surface area (TPSA) is 24.9 Å². The minimum absolute atomic E-state index is 0.769. The van der Waals surface area contributed by atoms with Crippen LogP contribution in [0.25, 0.3) is 0 Å². The maximum atomic E-state index is 4.20. The Kier molecular flexibility index (Phi) is 3.37. The third kappa shape index (κ3) is 3.03. The molecule has 1 aromatic rings. The van der Waals surface area contributed by atoms with Gasteiger partial charge in [-0.05, 0) is 36.8 Å². The van der Waals surface area contributed by atoms with Crippen LogP contribution in [0.3, 0.4) is 0 Å². The molecule has 0 aromatic carbocycles. The van der Waals surface area contributed by atoms with Crippen LogP contribution >= 0.6 is 0 Å². The van der Waals surface area contributed by atoms with E-state index in [0.717, 1.165) is 18.5 Å². The third-order valence-corrected chi connectivity index (χ3v) is 3.08. The van der Waals surface area contributed by atoms with E-state index < -0.39 is 0 Å². The van der Waals surface area contributed by atoms with E-state index in [4.69, 9.17) is 0 Å². The van der Waals surface area contributed by atoms with Gasteiger partial charge in [-0.15, -0.1) is 0 Å². The van der Waals surface area contributed by atoms with Crippen molar-refractivity contribution in [3.8, 4) is 0 Å². The molecule has 1 fully saturated rings. The average molecular weight is 204 g/mol. The lowest BCUT2D eigenvalue weighted by molar-refractivity contribution is 0.598. The van der Waals surface area contributed by atoms with Gasteiger partial charge in [0.05, 0.1) is 0 Å². The van der Waals surface area contributed by atoms with Crippen molar-refractivity contribution in [2.24, 2.45) is 5.92 Å². The molecule has 2 unspecified atom stereocenters. The molecule has 0 aliphatic heterocycles. The van der Waals surface area contributed by atoms with Crippen LogP contribution in [0.4, 0.5) is 0 Å². The number of hydrogen-bond acceptors (Lipinski definition) is 2. The summed E-state index contributed by atoms with van der Waals surface area (Å²) < 4.78 is 0. The molecule has 0 spiro atoms. The SMILES string of the molecule is CCCC1CC1NCc1cncc(C)c1. The highest BCUT2D eigenvalue weighted by Gasteiger charge is 2.35. The number of nitrogens with one attached hydrogen (secondary N) is 1. The summed E-state index contributed by atoms with van der Waals surface area (Å²) in [5, 5.41) is 3.60. The molecule has 1 heterocycles. The van der Waals surface area contributed by atoms with E-state index in [9.17, 15) is 0 Å². The minimum atomic E-state index is 0.769. The van der Waals surface area contributed by atoms with E-state index in [1.807, 2.05) is 12.4 Å². The van der Waals surface area contributed by atoms with Gasteiger partial charge in [-0.25, -0.2) is 0 Å². The number of aromatic nitrogens is 1. The van der Waals surface area contributed by atoms with Crippen LogP contribution in [0, 0.1) is 12.8 Å². The number of rotatable bonds is 5. The lowest BCUT2D eigenvalue weighted by Crippen LogP contribution is -2.17. The Labute approximate surface area is 92.1 Å². The summed E-state index contributed by atoms with van der Waals surface area (Å²) in [6.07, 6.45) is 7.92. The highest BCUT2D eigenvalue weighted by Crippen LogP contribution is 2.34. The molecule has 1 N–H and O–H groups in total. The number of nitrogens with zero attached hydrogens (tertiary/aromatic N) is 1. The summed E-state index contributed by atoms with van der Waals surface area (Å²) in [6.45, 7) is 5.33. The van der Waals surface area contributed by atoms with Crippen molar-refractivity contribution in [1.29, 1.82) is 0 Å². The number of hydrogen-bond donors (Lipinski definition) is 1. The Morgan fingerprint density at radius 3 is 3.07 bits per heavy atom. The highest BCUT2D eigenvalue weighted by molar-refractivity contribution is 5.16. The first kappa shape index (κ1) is 10.6. The molecule has 2 rings (SSSR count).